The van der Waals surface area contributed by atoms with Gasteiger partial charge in [-0.2, -0.15) is 0 Å². The predicted octanol–water partition coefficient (Wildman–Crippen LogP) is 0.774. The summed E-state index contributed by atoms with van der Waals surface area (Å²) in [7, 11) is 0. The summed E-state index contributed by atoms with van der Waals surface area (Å²) < 4.78 is 0. The molecule has 4 aliphatic carbocycles. The molecule has 3 fully saturated rings. The van der Waals surface area contributed by atoms with Crippen LogP contribution in [-0.2, 0) is 9.59 Å². The molecule has 0 spiro atoms. The highest BCUT2D eigenvalue weighted by atomic mass is 16.4. The molecule has 28 heavy (non-hydrogen) atoms. The van der Waals surface area contributed by atoms with Gasteiger partial charge in [-0.1, -0.05) is 32.4 Å². The van der Waals surface area contributed by atoms with Crippen molar-refractivity contribution in [2.45, 2.75) is 57.8 Å². The molecule has 6 heteroatoms. The van der Waals surface area contributed by atoms with Crippen LogP contribution >= 0.6 is 0 Å². The first-order valence-corrected chi connectivity index (χ1v) is 10.2. The minimum atomic E-state index is -2.06. The Balaban J connectivity index is 1.81. The van der Waals surface area contributed by atoms with E-state index in [-0.39, 0.29) is 42.3 Å². The summed E-state index contributed by atoms with van der Waals surface area (Å²) in [5, 5.41) is 42.6. The van der Waals surface area contributed by atoms with Crippen LogP contribution in [0.25, 0.3) is 0 Å². The van der Waals surface area contributed by atoms with Crippen LogP contribution in [0.5, 0.6) is 0 Å². The zero-order chi connectivity index (χ0) is 20.6. The average Bonchev–Trinajstić information content (AvgIpc) is 2.83. The summed E-state index contributed by atoms with van der Waals surface area (Å²) in [5.74, 6) is -1.03. The van der Waals surface area contributed by atoms with Crippen molar-refractivity contribution >= 4 is 11.6 Å². The quantitative estimate of drug-likeness (QED) is 0.554. The van der Waals surface area contributed by atoms with Gasteiger partial charge in [0.1, 0.15) is 6.61 Å². The first-order chi connectivity index (χ1) is 13.0. The lowest BCUT2D eigenvalue weighted by Crippen LogP contribution is -2.64. The van der Waals surface area contributed by atoms with E-state index in [1.807, 2.05) is 6.08 Å². The second-order valence-corrected chi connectivity index (χ2v) is 9.84. The maximum absolute atomic E-state index is 12.5. The number of aliphatic hydroxyl groups is 4. The Bertz CT molecular complexity index is 786. The zero-order valence-corrected chi connectivity index (χ0v) is 16.6. The third kappa shape index (κ3) is 2.23. The second kappa shape index (κ2) is 6.08. The van der Waals surface area contributed by atoms with Crippen LogP contribution in [-0.4, -0.2) is 56.4 Å². The Labute approximate surface area is 165 Å². The minimum absolute atomic E-state index is 0.0149. The average molecular weight is 390 g/mol. The van der Waals surface area contributed by atoms with Gasteiger partial charge in [-0.3, -0.25) is 9.59 Å². The van der Waals surface area contributed by atoms with E-state index in [2.05, 4.69) is 13.8 Å². The Morgan fingerprint density at radius 2 is 1.93 bits per heavy atom. The van der Waals surface area contributed by atoms with E-state index in [1.54, 1.807) is 19.1 Å². The van der Waals surface area contributed by atoms with Crippen LogP contribution in [0.3, 0.4) is 0 Å². The smallest absolute Gasteiger partial charge is 0.192 e. The number of carbonyl (C=O) groups is 2. The van der Waals surface area contributed by atoms with Crippen molar-refractivity contribution < 1.29 is 30.0 Å². The summed E-state index contributed by atoms with van der Waals surface area (Å²) >= 11 is 0. The van der Waals surface area contributed by atoms with Crippen LogP contribution < -0.4 is 0 Å². The van der Waals surface area contributed by atoms with Crippen LogP contribution in [0.2, 0.25) is 0 Å². The van der Waals surface area contributed by atoms with E-state index in [4.69, 9.17) is 0 Å². The fraction of sp³-hybridized carbons (Fsp3) is 0.727. The molecular weight excluding hydrogens is 360 g/mol. The van der Waals surface area contributed by atoms with Crippen molar-refractivity contribution in [3.63, 3.8) is 0 Å². The van der Waals surface area contributed by atoms with Gasteiger partial charge in [0.05, 0.1) is 12.2 Å². The molecule has 0 amide bonds. The Kier molecular flexibility index (Phi) is 4.33. The van der Waals surface area contributed by atoms with Crippen LogP contribution in [0, 0.1) is 34.5 Å². The first-order valence-electron chi connectivity index (χ1n) is 10.2. The lowest BCUT2D eigenvalue weighted by Gasteiger charge is -2.60. The third-order valence-electron chi connectivity index (χ3n) is 8.61. The number of hydrogen-bond acceptors (Lipinski definition) is 6. The molecule has 4 rings (SSSR count). The number of ketones is 2. The predicted molar refractivity (Wildman–Crippen MR) is 101 cm³/mol. The van der Waals surface area contributed by atoms with Crippen molar-refractivity contribution in [1.82, 2.24) is 0 Å². The normalized spacial score (nSPS) is 52.5. The molecule has 0 bridgehead atoms. The number of fused-ring (bicyclic) bond motifs is 5. The maximum atomic E-state index is 12.5. The van der Waals surface area contributed by atoms with Crippen molar-refractivity contribution in [3.8, 4) is 0 Å². The summed E-state index contributed by atoms with van der Waals surface area (Å²) in [6, 6.07) is 0. The van der Waals surface area contributed by atoms with E-state index in [0.29, 0.717) is 0 Å². The van der Waals surface area contributed by atoms with Crippen LogP contribution in [0.4, 0.5) is 0 Å². The van der Waals surface area contributed by atoms with E-state index >= 15 is 0 Å². The molecule has 4 N–H and O–H groups in total. The lowest BCUT2D eigenvalue weighted by atomic mass is 9.45. The number of rotatable bonds is 2. The van der Waals surface area contributed by atoms with Crippen LogP contribution in [0.1, 0.15) is 40.0 Å². The van der Waals surface area contributed by atoms with Crippen molar-refractivity contribution in [2.75, 3.05) is 6.61 Å². The topological polar surface area (TPSA) is 115 Å². The second-order valence-electron chi connectivity index (χ2n) is 9.84. The fourth-order valence-electron chi connectivity index (χ4n) is 7.39. The molecular formula is C22H30O6. The van der Waals surface area contributed by atoms with E-state index in [9.17, 15) is 30.0 Å². The Morgan fingerprint density at radius 3 is 2.57 bits per heavy atom. The van der Waals surface area contributed by atoms with Gasteiger partial charge < -0.3 is 20.4 Å². The molecule has 4 aliphatic rings. The molecule has 0 radical (unpaired) electrons. The maximum Gasteiger partial charge on any atom is 0.192 e. The van der Waals surface area contributed by atoms with E-state index < -0.39 is 41.0 Å². The Morgan fingerprint density at radius 1 is 1.25 bits per heavy atom. The standard InChI is InChI=1S/C22H30O6/c1-11-6-13-15-8-17(26)22(28,18(27)10-23)21(15,3)9-16(25)19(13)20(2)5-4-12(24)7-14(11)20/h4-5,7,11,13,15-17,19,23,25-26,28H,6,8-10H2,1-3H3/t11-,13-,15-,16-,17+,19+,20-,21-,22-/m0/s1. The molecule has 0 aromatic rings. The number of carbonyl (C=O) groups excluding carboxylic acids is 2. The van der Waals surface area contributed by atoms with Gasteiger partial charge in [-0.15, -0.1) is 0 Å². The highest BCUT2D eigenvalue weighted by Gasteiger charge is 2.71. The zero-order valence-electron chi connectivity index (χ0n) is 16.6. The molecule has 9 atom stereocenters. The third-order valence-corrected chi connectivity index (χ3v) is 8.61. The molecule has 154 valence electrons. The van der Waals surface area contributed by atoms with Crippen LogP contribution in [0.15, 0.2) is 23.8 Å². The molecule has 6 nitrogen and oxygen atoms in total. The minimum Gasteiger partial charge on any atom is -0.393 e. The first kappa shape index (κ1) is 20.0. The van der Waals surface area contributed by atoms with Crippen molar-refractivity contribution in [1.29, 1.82) is 0 Å². The lowest BCUT2D eigenvalue weighted by molar-refractivity contribution is -0.191. The molecule has 0 aliphatic heterocycles. The van der Waals surface area contributed by atoms with E-state index in [1.165, 1.54) is 0 Å². The largest absolute Gasteiger partial charge is 0.393 e. The summed E-state index contributed by atoms with van der Waals surface area (Å²) in [6.07, 6.45) is 4.24. The molecule has 0 aromatic carbocycles. The number of allylic oxidation sites excluding steroid dienone is 4. The van der Waals surface area contributed by atoms with Gasteiger partial charge in [0.15, 0.2) is 17.2 Å². The van der Waals surface area contributed by atoms with E-state index in [0.717, 1.165) is 12.0 Å². The summed E-state index contributed by atoms with van der Waals surface area (Å²) in [5.41, 5.74) is -2.51. The monoisotopic (exact) mass is 390 g/mol. The van der Waals surface area contributed by atoms with Gasteiger partial charge >= 0.3 is 0 Å². The number of hydrogen-bond donors (Lipinski definition) is 4. The molecule has 0 unspecified atom stereocenters. The molecule has 0 aromatic heterocycles. The van der Waals surface area contributed by atoms with Gasteiger partial charge in [0, 0.05) is 16.7 Å². The highest BCUT2D eigenvalue weighted by molar-refractivity contribution is 6.01. The van der Waals surface area contributed by atoms with Gasteiger partial charge in [-0.25, -0.2) is 0 Å². The van der Waals surface area contributed by atoms with Crippen molar-refractivity contribution in [2.24, 2.45) is 34.5 Å². The SMILES string of the molecule is C[C@H]1C[C@@H]2[C@H]([C@@H](O)C[C@@]3(C)[C@H]2C[C@@H](O)[C@]3(O)C(=O)CO)[C@@]2(C)C=CC(=O)C=C12. The van der Waals surface area contributed by atoms with Gasteiger partial charge in [0.2, 0.25) is 0 Å². The van der Waals surface area contributed by atoms with Gasteiger partial charge in [0.25, 0.3) is 0 Å². The number of Topliss-reactive ketones (excluding diaryl/α,β-unsaturated/α-hetero) is 1. The van der Waals surface area contributed by atoms with Gasteiger partial charge in [-0.05, 0) is 49.2 Å². The highest BCUT2D eigenvalue weighted by Crippen LogP contribution is 2.67. The summed E-state index contributed by atoms with van der Waals surface area (Å²) in [4.78, 5) is 24.4. The summed E-state index contributed by atoms with van der Waals surface area (Å²) in [6.45, 7) is 5.05. The molecule has 3 saturated carbocycles. The molecule has 0 saturated heterocycles. The Hall–Kier alpha value is -1.34. The number of aliphatic hydroxyl groups excluding tert-OH is 3. The molecule has 0 heterocycles. The van der Waals surface area contributed by atoms with Crippen molar-refractivity contribution in [3.05, 3.63) is 23.8 Å². The fourth-order valence-corrected chi connectivity index (χ4v) is 7.39.